The van der Waals surface area contributed by atoms with Gasteiger partial charge in [-0.2, -0.15) is 0 Å². The van der Waals surface area contributed by atoms with Gasteiger partial charge in [-0.1, -0.05) is 24.0 Å². The third kappa shape index (κ3) is 5.90. The van der Waals surface area contributed by atoms with Crippen LogP contribution in [0.25, 0.3) is 0 Å². The first-order valence-corrected chi connectivity index (χ1v) is 12.9. The molecule has 2 aliphatic heterocycles. The zero-order valence-corrected chi connectivity index (χ0v) is 21.6. The van der Waals surface area contributed by atoms with Crippen molar-refractivity contribution in [2.75, 3.05) is 38.7 Å². The van der Waals surface area contributed by atoms with Gasteiger partial charge in [-0.3, -0.25) is 9.88 Å². The number of aliphatic hydroxyl groups excluding tert-OH is 3. The molecule has 4 N–H and O–H groups in total. The van der Waals surface area contributed by atoms with Gasteiger partial charge in [0, 0.05) is 60.3 Å². The quantitative estimate of drug-likeness (QED) is 0.382. The number of pyridine rings is 1. The molecule has 39 heavy (non-hydrogen) atoms. The molecule has 9 heteroatoms. The summed E-state index contributed by atoms with van der Waals surface area (Å²) in [6, 6.07) is 17.9. The number of aromatic nitrogens is 1. The first-order valence-electron chi connectivity index (χ1n) is 12.9. The Balaban J connectivity index is 1.35. The molecule has 2 saturated heterocycles. The van der Waals surface area contributed by atoms with Crippen LogP contribution in [0.3, 0.4) is 0 Å². The summed E-state index contributed by atoms with van der Waals surface area (Å²) in [5, 5.41) is 34.3. The summed E-state index contributed by atoms with van der Waals surface area (Å²) in [4.78, 5) is 20.8. The molecule has 0 aliphatic carbocycles. The molecule has 2 aliphatic rings. The second-order valence-electron chi connectivity index (χ2n) is 9.85. The van der Waals surface area contributed by atoms with Crippen LogP contribution < -0.4 is 10.1 Å². The molecule has 3 heterocycles. The molecule has 0 radical (unpaired) electrons. The molecule has 1 aromatic heterocycles. The fourth-order valence-electron chi connectivity index (χ4n) is 5.36. The van der Waals surface area contributed by atoms with Crippen LogP contribution in [0.1, 0.15) is 22.6 Å². The lowest BCUT2D eigenvalue weighted by Crippen LogP contribution is -2.71. The number of hydrogen-bond donors (Lipinski definition) is 4. The molecule has 5 rings (SSSR count). The zero-order valence-electron chi connectivity index (χ0n) is 21.6. The average molecular weight is 529 g/mol. The number of nitrogens with zero attached hydrogens (tertiary/aromatic N) is 3. The van der Waals surface area contributed by atoms with E-state index in [9.17, 15) is 20.1 Å². The Bertz CT molecular complexity index is 1320. The number of benzene rings is 2. The summed E-state index contributed by atoms with van der Waals surface area (Å²) in [6.07, 6.45) is 1.26. The summed E-state index contributed by atoms with van der Waals surface area (Å²) in [6.45, 7) is 0.434. The molecule has 0 spiro atoms. The van der Waals surface area contributed by atoms with E-state index < -0.39 is 12.2 Å². The van der Waals surface area contributed by atoms with Crippen molar-refractivity contribution in [3.05, 3.63) is 89.7 Å². The molecular formula is C30H32N4O5. The number of carbonyl (C=O) groups excluding carboxylic acids is 1. The average Bonchev–Trinajstić information content (AvgIpc) is 2.96. The van der Waals surface area contributed by atoms with Crippen molar-refractivity contribution in [2.45, 2.75) is 30.2 Å². The van der Waals surface area contributed by atoms with E-state index in [1.54, 1.807) is 43.8 Å². The Labute approximate surface area is 227 Å². The van der Waals surface area contributed by atoms with Gasteiger partial charge in [0.25, 0.3) is 0 Å². The summed E-state index contributed by atoms with van der Waals surface area (Å²) in [7, 11) is 1.57. The van der Waals surface area contributed by atoms with Crippen LogP contribution in [0.15, 0.2) is 73.1 Å². The number of ether oxygens (including phenoxy) is 1. The number of anilines is 1. The van der Waals surface area contributed by atoms with Crippen molar-refractivity contribution in [3.8, 4) is 17.6 Å². The van der Waals surface area contributed by atoms with Gasteiger partial charge in [0.1, 0.15) is 5.75 Å². The molecule has 4 unspecified atom stereocenters. The second kappa shape index (κ2) is 11.8. The third-order valence-electron chi connectivity index (χ3n) is 7.46. The lowest BCUT2D eigenvalue weighted by atomic mass is 9.74. The molecule has 2 fully saturated rings. The predicted octanol–water partition coefficient (Wildman–Crippen LogP) is 1.89. The van der Waals surface area contributed by atoms with Gasteiger partial charge >= 0.3 is 6.03 Å². The van der Waals surface area contributed by atoms with E-state index in [0.29, 0.717) is 18.0 Å². The monoisotopic (exact) mass is 528 g/mol. The highest BCUT2D eigenvalue weighted by Gasteiger charge is 2.51. The van der Waals surface area contributed by atoms with Crippen molar-refractivity contribution in [2.24, 2.45) is 0 Å². The standard InChI is InChI=1S/C30H32N4O5/c1-39-24-12-10-23(11-13-24)32-30(38)33-16-25-29(26(19-35)34(25)18-28(37)27(36)17-33)22-8-6-20(7-9-22)4-5-21-3-2-14-31-15-21/h2-3,6-15,25-29,35-37H,16-19H2,1H3,(H,32,38)/t25?,26?,27?,28-,29?/m0/s1. The maximum absolute atomic E-state index is 13.2. The van der Waals surface area contributed by atoms with E-state index in [0.717, 1.165) is 16.7 Å². The zero-order chi connectivity index (χ0) is 27.4. The minimum absolute atomic E-state index is 0.00707. The Morgan fingerprint density at radius 1 is 1.00 bits per heavy atom. The molecule has 9 nitrogen and oxygen atoms in total. The molecule has 0 saturated carbocycles. The van der Waals surface area contributed by atoms with Crippen LogP contribution >= 0.6 is 0 Å². The molecular weight excluding hydrogens is 496 g/mol. The largest absolute Gasteiger partial charge is 0.497 e. The van der Waals surface area contributed by atoms with Crippen molar-refractivity contribution >= 4 is 11.7 Å². The van der Waals surface area contributed by atoms with Gasteiger partial charge in [0.05, 0.1) is 32.5 Å². The number of aliphatic hydroxyl groups is 3. The van der Waals surface area contributed by atoms with Gasteiger partial charge in [-0.15, -0.1) is 0 Å². The van der Waals surface area contributed by atoms with Crippen LogP contribution in [0.2, 0.25) is 0 Å². The lowest BCUT2D eigenvalue weighted by molar-refractivity contribution is -0.112. The van der Waals surface area contributed by atoms with E-state index >= 15 is 0 Å². The molecule has 0 bridgehead atoms. The first kappa shape index (κ1) is 26.7. The van der Waals surface area contributed by atoms with Crippen molar-refractivity contribution < 1.29 is 24.9 Å². The Kier molecular flexibility index (Phi) is 8.10. The molecule has 3 aromatic rings. The first-order chi connectivity index (χ1) is 19.0. The van der Waals surface area contributed by atoms with Crippen molar-refractivity contribution in [1.29, 1.82) is 0 Å². The smallest absolute Gasteiger partial charge is 0.321 e. The Hall–Kier alpha value is -3.94. The van der Waals surface area contributed by atoms with E-state index in [1.165, 1.54) is 4.90 Å². The number of amides is 2. The highest BCUT2D eigenvalue weighted by atomic mass is 16.5. The van der Waals surface area contributed by atoms with E-state index in [4.69, 9.17) is 4.74 Å². The lowest BCUT2D eigenvalue weighted by Gasteiger charge is -2.58. The summed E-state index contributed by atoms with van der Waals surface area (Å²) < 4.78 is 5.18. The number of methoxy groups -OCH3 is 1. The van der Waals surface area contributed by atoms with Gasteiger partial charge in [0.15, 0.2) is 0 Å². The number of carbonyl (C=O) groups is 1. The Morgan fingerprint density at radius 3 is 2.38 bits per heavy atom. The third-order valence-corrected chi connectivity index (χ3v) is 7.46. The van der Waals surface area contributed by atoms with E-state index in [1.807, 2.05) is 41.3 Å². The van der Waals surface area contributed by atoms with Crippen LogP contribution in [-0.4, -0.2) is 93.8 Å². The van der Waals surface area contributed by atoms with Gasteiger partial charge in [0.2, 0.25) is 0 Å². The second-order valence-corrected chi connectivity index (χ2v) is 9.85. The molecule has 2 amide bonds. The highest BCUT2D eigenvalue weighted by Crippen LogP contribution is 2.42. The molecule has 202 valence electrons. The number of β-amino-alcohol motifs (C(OH)–C–C–N with tert-alkyl or cyclic N) is 1. The fraction of sp³-hybridized carbons (Fsp3) is 0.333. The highest BCUT2D eigenvalue weighted by molar-refractivity contribution is 5.89. The van der Waals surface area contributed by atoms with Gasteiger partial charge < -0.3 is 30.3 Å². The number of hydrogen-bond acceptors (Lipinski definition) is 7. The summed E-state index contributed by atoms with van der Waals surface area (Å²) in [5.41, 5.74) is 3.31. The summed E-state index contributed by atoms with van der Waals surface area (Å²) in [5.74, 6) is 6.86. The number of nitrogens with one attached hydrogen (secondary N) is 1. The van der Waals surface area contributed by atoms with E-state index in [2.05, 4.69) is 22.1 Å². The number of urea groups is 1. The maximum atomic E-state index is 13.2. The minimum atomic E-state index is -1.11. The van der Waals surface area contributed by atoms with Crippen LogP contribution in [0, 0.1) is 11.8 Å². The van der Waals surface area contributed by atoms with Crippen molar-refractivity contribution in [1.82, 2.24) is 14.8 Å². The predicted molar refractivity (Wildman–Crippen MR) is 146 cm³/mol. The Morgan fingerprint density at radius 2 is 1.72 bits per heavy atom. The number of rotatable bonds is 4. The maximum Gasteiger partial charge on any atom is 0.321 e. The summed E-state index contributed by atoms with van der Waals surface area (Å²) >= 11 is 0. The normalized spacial score (nSPS) is 24.7. The van der Waals surface area contributed by atoms with Crippen LogP contribution in [0.5, 0.6) is 5.75 Å². The van der Waals surface area contributed by atoms with Crippen LogP contribution in [0.4, 0.5) is 10.5 Å². The van der Waals surface area contributed by atoms with Crippen LogP contribution in [-0.2, 0) is 0 Å². The fourth-order valence-corrected chi connectivity index (χ4v) is 5.36. The number of fused-ring (bicyclic) bond motifs is 1. The molecule has 2 aromatic carbocycles. The topological polar surface area (TPSA) is 118 Å². The van der Waals surface area contributed by atoms with Gasteiger partial charge in [-0.25, -0.2) is 4.79 Å². The van der Waals surface area contributed by atoms with Gasteiger partial charge in [-0.05, 0) is 54.1 Å². The molecule has 5 atom stereocenters. The van der Waals surface area contributed by atoms with Crippen molar-refractivity contribution in [3.63, 3.8) is 0 Å². The minimum Gasteiger partial charge on any atom is -0.497 e. The SMILES string of the molecule is COc1ccc(NC(=O)N2CC(O)[C@@H](O)CN3C(CO)C(c4ccc(C#Cc5cccnc5)cc4)C3C2)cc1. The van der Waals surface area contributed by atoms with E-state index in [-0.39, 0.29) is 43.7 Å².